The fraction of sp³-hybridized carbons (Fsp3) is 0.579. The monoisotopic (exact) mass is 414 g/mol. The molecule has 1 heterocycles. The molecule has 0 atom stereocenters. The summed E-state index contributed by atoms with van der Waals surface area (Å²) in [6, 6.07) is 5.65. The van der Waals surface area contributed by atoms with Gasteiger partial charge in [0.2, 0.25) is 5.91 Å². The molecule has 1 amide bonds. The van der Waals surface area contributed by atoms with E-state index < -0.39 is 0 Å². The number of aliphatic imine (C=N–C) groups is 1. The zero-order valence-corrected chi connectivity index (χ0v) is 17.7. The third kappa shape index (κ3) is 5.99. The van der Waals surface area contributed by atoms with Gasteiger partial charge in [-0.25, -0.2) is 4.99 Å². The van der Waals surface area contributed by atoms with Crippen LogP contribution in [0, 0.1) is 0 Å². The molecule has 0 unspecified atom stereocenters. The second kappa shape index (κ2) is 10.2. The first kappa shape index (κ1) is 21.8. The predicted molar refractivity (Wildman–Crippen MR) is 111 cm³/mol. The molecular weight excluding hydrogens is 387 g/mol. The number of carbonyl (C=O) groups is 1. The Kier molecular flexibility index (Phi) is 8.20. The maximum Gasteiger partial charge on any atom is 0.243 e. The van der Waals surface area contributed by atoms with E-state index in [4.69, 9.17) is 27.9 Å². The lowest BCUT2D eigenvalue weighted by molar-refractivity contribution is -0.127. The molecule has 0 radical (unpaired) electrons. The van der Waals surface area contributed by atoms with Crippen molar-refractivity contribution < 1.29 is 9.53 Å². The number of guanidine groups is 1. The van der Waals surface area contributed by atoms with Gasteiger partial charge < -0.3 is 20.3 Å². The number of likely N-dealkylation sites (N-methyl/N-ethyl adjacent to an activating group) is 1. The van der Waals surface area contributed by atoms with Crippen LogP contribution in [0.3, 0.4) is 0 Å². The summed E-state index contributed by atoms with van der Waals surface area (Å²) in [7, 11) is 3.44. The van der Waals surface area contributed by atoms with E-state index in [0.717, 1.165) is 18.4 Å². The van der Waals surface area contributed by atoms with Crippen LogP contribution in [0.2, 0.25) is 10.0 Å². The van der Waals surface area contributed by atoms with Crippen molar-refractivity contribution in [2.75, 3.05) is 46.9 Å². The first-order chi connectivity index (χ1) is 12.9. The van der Waals surface area contributed by atoms with Gasteiger partial charge in [-0.2, -0.15) is 0 Å². The molecule has 27 heavy (non-hydrogen) atoms. The van der Waals surface area contributed by atoms with E-state index in [1.54, 1.807) is 20.2 Å². The van der Waals surface area contributed by atoms with Crippen LogP contribution in [0.4, 0.5) is 0 Å². The van der Waals surface area contributed by atoms with Crippen LogP contribution < -0.4 is 10.6 Å². The lowest BCUT2D eigenvalue weighted by Gasteiger charge is -2.39. The molecule has 0 bridgehead atoms. The second-order valence-electron chi connectivity index (χ2n) is 6.85. The smallest absolute Gasteiger partial charge is 0.243 e. The Morgan fingerprint density at radius 2 is 1.96 bits per heavy atom. The lowest BCUT2D eigenvalue weighted by atomic mass is 9.74. The Morgan fingerprint density at radius 1 is 1.26 bits per heavy atom. The van der Waals surface area contributed by atoms with Crippen molar-refractivity contribution in [2.24, 2.45) is 4.99 Å². The van der Waals surface area contributed by atoms with Crippen LogP contribution >= 0.6 is 23.2 Å². The average Bonchev–Trinajstić information content (AvgIpc) is 2.64. The van der Waals surface area contributed by atoms with E-state index >= 15 is 0 Å². The molecule has 8 heteroatoms. The molecule has 2 N–H and O–H groups in total. The number of rotatable bonds is 6. The van der Waals surface area contributed by atoms with Crippen LogP contribution in [-0.4, -0.2) is 63.7 Å². The minimum atomic E-state index is -0.179. The van der Waals surface area contributed by atoms with Gasteiger partial charge in [-0.3, -0.25) is 4.79 Å². The third-order valence-corrected chi connectivity index (χ3v) is 5.31. The largest absolute Gasteiger partial charge is 0.381 e. The molecule has 6 nitrogen and oxygen atoms in total. The minimum absolute atomic E-state index is 0.0475. The number of halogens is 2. The van der Waals surface area contributed by atoms with Gasteiger partial charge >= 0.3 is 0 Å². The molecule has 1 aromatic carbocycles. The van der Waals surface area contributed by atoms with Gasteiger partial charge in [0.1, 0.15) is 6.54 Å². The number of nitrogens with zero attached hydrogens (tertiary/aromatic N) is 2. The second-order valence-corrected chi connectivity index (χ2v) is 7.70. The summed E-state index contributed by atoms with van der Waals surface area (Å²) in [4.78, 5) is 17.8. The first-order valence-corrected chi connectivity index (χ1v) is 9.89. The number of nitrogens with one attached hydrogen (secondary N) is 2. The van der Waals surface area contributed by atoms with Crippen molar-refractivity contribution in [3.63, 3.8) is 0 Å². The van der Waals surface area contributed by atoms with Crippen molar-refractivity contribution in [3.05, 3.63) is 33.8 Å². The number of hydrogen-bond acceptors (Lipinski definition) is 3. The highest BCUT2D eigenvalue weighted by molar-refractivity contribution is 6.35. The van der Waals surface area contributed by atoms with Crippen LogP contribution in [0.15, 0.2) is 23.2 Å². The van der Waals surface area contributed by atoms with E-state index in [2.05, 4.69) is 15.6 Å². The number of ether oxygens (including phenoxy) is 1. The van der Waals surface area contributed by atoms with Gasteiger partial charge in [-0.15, -0.1) is 0 Å². The highest BCUT2D eigenvalue weighted by Crippen LogP contribution is 2.39. The van der Waals surface area contributed by atoms with Crippen LogP contribution in [-0.2, 0) is 14.9 Å². The SMILES string of the molecule is CCNC(=NCC(=O)N(C)C)NCC1(c2ccc(Cl)cc2Cl)CCOCC1. The highest BCUT2D eigenvalue weighted by Gasteiger charge is 2.36. The number of carbonyl (C=O) groups excluding carboxylic acids is 1. The quantitative estimate of drug-likeness (QED) is 0.554. The highest BCUT2D eigenvalue weighted by atomic mass is 35.5. The molecule has 0 spiro atoms. The van der Waals surface area contributed by atoms with Crippen molar-refractivity contribution in [3.8, 4) is 0 Å². The Morgan fingerprint density at radius 3 is 2.56 bits per heavy atom. The van der Waals surface area contributed by atoms with Gasteiger partial charge in [-0.05, 0) is 37.5 Å². The topological polar surface area (TPSA) is 66.0 Å². The van der Waals surface area contributed by atoms with Crippen molar-refractivity contribution >= 4 is 35.1 Å². The van der Waals surface area contributed by atoms with E-state index in [0.29, 0.717) is 42.3 Å². The first-order valence-electron chi connectivity index (χ1n) is 9.13. The minimum Gasteiger partial charge on any atom is -0.381 e. The van der Waals surface area contributed by atoms with Gasteiger partial charge in [0.15, 0.2) is 5.96 Å². The molecule has 1 aromatic rings. The van der Waals surface area contributed by atoms with Gasteiger partial charge in [0.05, 0.1) is 0 Å². The Balaban J connectivity index is 2.19. The molecule has 0 aromatic heterocycles. The molecule has 2 rings (SSSR count). The van der Waals surface area contributed by atoms with Crippen LogP contribution in [0.1, 0.15) is 25.3 Å². The van der Waals surface area contributed by atoms with Gasteiger partial charge in [0, 0.05) is 55.9 Å². The third-order valence-electron chi connectivity index (χ3n) is 4.76. The van der Waals surface area contributed by atoms with Crippen molar-refractivity contribution in [1.29, 1.82) is 0 Å². The molecular formula is C19H28Cl2N4O2. The zero-order valence-electron chi connectivity index (χ0n) is 16.1. The lowest BCUT2D eigenvalue weighted by Crippen LogP contribution is -2.48. The van der Waals surface area contributed by atoms with E-state index in [9.17, 15) is 4.79 Å². The normalized spacial score (nSPS) is 16.7. The summed E-state index contributed by atoms with van der Waals surface area (Å²) < 4.78 is 5.58. The molecule has 1 saturated heterocycles. The Bertz CT molecular complexity index is 674. The summed E-state index contributed by atoms with van der Waals surface area (Å²) in [5, 5.41) is 7.86. The maximum absolute atomic E-state index is 11.8. The van der Waals surface area contributed by atoms with E-state index in [1.165, 1.54) is 4.90 Å². The molecule has 1 aliphatic rings. The fourth-order valence-electron chi connectivity index (χ4n) is 3.11. The average molecular weight is 415 g/mol. The maximum atomic E-state index is 11.8. The molecule has 0 aliphatic carbocycles. The standard InChI is InChI=1S/C19H28Cl2N4O2/c1-4-22-18(23-12-17(26)25(2)3)24-13-19(7-9-27-10-8-19)15-6-5-14(20)11-16(15)21/h5-6,11H,4,7-10,12-13H2,1-3H3,(H2,22,23,24). The van der Waals surface area contributed by atoms with E-state index in [1.807, 2.05) is 19.1 Å². The summed E-state index contributed by atoms with van der Waals surface area (Å²) >= 11 is 12.6. The summed E-state index contributed by atoms with van der Waals surface area (Å²) in [6.07, 6.45) is 1.69. The molecule has 150 valence electrons. The van der Waals surface area contributed by atoms with Gasteiger partial charge in [0.25, 0.3) is 0 Å². The molecule has 1 aliphatic heterocycles. The predicted octanol–water partition coefficient (Wildman–Crippen LogP) is 2.68. The number of amides is 1. The molecule has 1 fully saturated rings. The Hall–Kier alpha value is -1.50. The summed E-state index contributed by atoms with van der Waals surface area (Å²) in [5.74, 6) is 0.567. The van der Waals surface area contributed by atoms with Crippen molar-refractivity contribution in [2.45, 2.75) is 25.2 Å². The summed E-state index contributed by atoms with van der Waals surface area (Å²) in [5.41, 5.74) is 0.881. The Labute approximate surface area is 171 Å². The van der Waals surface area contributed by atoms with Gasteiger partial charge in [-0.1, -0.05) is 29.3 Å². The van der Waals surface area contributed by atoms with Crippen LogP contribution in [0.25, 0.3) is 0 Å². The zero-order chi connectivity index (χ0) is 19.9. The number of hydrogen-bond donors (Lipinski definition) is 2. The molecule has 0 saturated carbocycles. The fourth-order valence-corrected chi connectivity index (χ4v) is 3.71. The van der Waals surface area contributed by atoms with Crippen LogP contribution in [0.5, 0.6) is 0 Å². The number of benzene rings is 1. The van der Waals surface area contributed by atoms with Crippen molar-refractivity contribution in [1.82, 2.24) is 15.5 Å². The summed E-state index contributed by atoms with van der Waals surface area (Å²) in [6.45, 7) is 4.78. The van der Waals surface area contributed by atoms with E-state index in [-0.39, 0.29) is 17.9 Å².